The van der Waals surface area contributed by atoms with Crippen LogP contribution in [-0.4, -0.2) is 33.1 Å². The molecule has 1 N–H and O–H groups in total. The number of anilines is 1. The Balaban J connectivity index is 1.22. The van der Waals surface area contributed by atoms with Gasteiger partial charge in [0.2, 0.25) is 0 Å². The number of fused-ring (bicyclic) bond motifs is 2. The van der Waals surface area contributed by atoms with E-state index in [0.717, 1.165) is 34.1 Å². The molecule has 4 heterocycles. The summed E-state index contributed by atoms with van der Waals surface area (Å²) in [5, 5.41) is 2.96. The van der Waals surface area contributed by atoms with Crippen LogP contribution in [0.4, 0.5) is 5.69 Å². The number of imidazole rings is 1. The van der Waals surface area contributed by atoms with Crippen molar-refractivity contribution in [1.82, 2.24) is 14.0 Å². The zero-order valence-corrected chi connectivity index (χ0v) is 17.6. The number of nitrogens with zero attached hydrogens (tertiary/aromatic N) is 3. The van der Waals surface area contributed by atoms with Crippen molar-refractivity contribution in [2.24, 2.45) is 0 Å². The van der Waals surface area contributed by atoms with E-state index in [9.17, 15) is 4.79 Å². The van der Waals surface area contributed by atoms with Crippen LogP contribution in [0.15, 0.2) is 91.5 Å². The highest BCUT2D eigenvalue weighted by atomic mass is 16.6. The summed E-state index contributed by atoms with van der Waals surface area (Å²) in [6.07, 6.45) is 7.72. The Bertz CT molecular complexity index is 1450. The lowest BCUT2D eigenvalue weighted by atomic mass is 10.1. The molecule has 0 saturated carbocycles. The zero-order chi connectivity index (χ0) is 22.2. The van der Waals surface area contributed by atoms with E-state index in [1.165, 1.54) is 0 Å². The van der Waals surface area contributed by atoms with Crippen molar-refractivity contribution in [2.75, 3.05) is 18.5 Å². The summed E-state index contributed by atoms with van der Waals surface area (Å²) in [4.78, 5) is 17.4. The number of pyridine rings is 1. The molecule has 7 nitrogen and oxygen atoms in total. The first kappa shape index (κ1) is 19.2. The Kier molecular flexibility index (Phi) is 4.58. The van der Waals surface area contributed by atoms with Crippen LogP contribution in [0.2, 0.25) is 0 Å². The molecule has 5 aromatic rings. The molecule has 0 unspecified atom stereocenters. The molecule has 0 spiro atoms. The van der Waals surface area contributed by atoms with E-state index in [0.29, 0.717) is 24.5 Å². The molecule has 2 aromatic carbocycles. The SMILES string of the molecule is O=C(Nc1ccc2nc(-c3ccc4c(c3)OCCO4)cn2c1)c1ccc(-n2cccc2)cc1. The van der Waals surface area contributed by atoms with Gasteiger partial charge in [0.05, 0.1) is 11.4 Å². The van der Waals surface area contributed by atoms with E-state index in [1.54, 1.807) is 0 Å². The van der Waals surface area contributed by atoms with Crippen LogP contribution in [0, 0.1) is 0 Å². The minimum atomic E-state index is -0.166. The third-order valence-corrected chi connectivity index (χ3v) is 5.58. The molecule has 33 heavy (non-hydrogen) atoms. The second-order valence-electron chi connectivity index (χ2n) is 7.76. The standard InChI is InChI=1S/C26H20N4O3/c31-26(18-3-7-21(8-4-18)29-11-1-2-12-29)27-20-6-10-25-28-22(17-30(25)16-20)19-5-9-23-24(15-19)33-14-13-32-23/h1-12,15-17H,13-14H2,(H,27,31). The Morgan fingerprint density at radius 3 is 2.48 bits per heavy atom. The van der Waals surface area contributed by atoms with E-state index in [1.807, 2.05) is 100 Å². The average molecular weight is 436 g/mol. The molecule has 1 aliphatic rings. The van der Waals surface area contributed by atoms with Crippen molar-refractivity contribution in [3.8, 4) is 28.4 Å². The Morgan fingerprint density at radius 2 is 1.67 bits per heavy atom. The van der Waals surface area contributed by atoms with Crippen molar-refractivity contribution in [2.45, 2.75) is 0 Å². The van der Waals surface area contributed by atoms with E-state index < -0.39 is 0 Å². The van der Waals surface area contributed by atoms with Crippen LogP contribution in [0.1, 0.15) is 10.4 Å². The molecule has 0 radical (unpaired) electrons. The molecular formula is C26H20N4O3. The second kappa shape index (κ2) is 7.87. The number of benzene rings is 2. The highest BCUT2D eigenvalue weighted by molar-refractivity contribution is 6.04. The molecule has 0 atom stereocenters. The fraction of sp³-hybridized carbons (Fsp3) is 0.0769. The van der Waals surface area contributed by atoms with Crippen LogP contribution in [0.3, 0.4) is 0 Å². The van der Waals surface area contributed by atoms with Crippen molar-refractivity contribution < 1.29 is 14.3 Å². The quantitative estimate of drug-likeness (QED) is 0.439. The van der Waals surface area contributed by atoms with Gasteiger partial charge in [-0.1, -0.05) is 0 Å². The molecule has 0 bridgehead atoms. The van der Waals surface area contributed by atoms with E-state index >= 15 is 0 Å². The van der Waals surface area contributed by atoms with E-state index in [-0.39, 0.29) is 5.91 Å². The second-order valence-corrected chi connectivity index (χ2v) is 7.76. The molecule has 162 valence electrons. The van der Waals surface area contributed by atoms with Crippen LogP contribution >= 0.6 is 0 Å². The van der Waals surface area contributed by atoms with Crippen LogP contribution in [0.25, 0.3) is 22.6 Å². The fourth-order valence-electron chi connectivity index (χ4n) is 3.90. The number of amides is 1. The van der Waals surface area contributed by atoms with Crippen molar-refractivity contribution in [3.63, 3.8) is 0 Å². The number of nitrogens with one attached hydrogen (secondary N) is 1. The summed E-state index contributed by atoms with van der Waals surface area (Å²) < 4.78 is 15.2. The lowest BCUT2D eigenvalue weighted by Gasteiger charge is -2.18. The number of hydrogen-bond donors (Lipinski definition) is 1. The predicted molar refractivity (Wildman–Crippen MR) is 125 cm³/mol. The third kappa shape index (κ3) is 3.70. The minimum Gasteiger partial charge on any atom is -0.486 e. The number of ether oxygens (including phenoxy) is 2. The largest absolute Gasteiger partial charge is 0.486 e. The summed E-state index contributed by atoms with van der Waals surface area (Å²) in [5.41, 5.74) is 4.83. The monoisotopic (exact) mass is 436 g/mol. The highest BCUT2D eigenvalue weighted by Crippen LogP contribution is 2.34. The van der Waals surface area contributed by atoms with E-state index in [4.69, 9.17) is 14.5 Å². The normalized spacial score (nSPS) is 12.6. The molecule has 7 heteroatoms. The summed E-state index contributed by atoms with van der Waals surface area (Å²) >= 11 is 0. The van der Waals surface area contributed by atoms with Gasteiger partial charge >= 0.3 is 0 Å². The smallest absolute Gasteiger partial charge is 0.255 e. The number of carbonyl (C=O) groups is 1. The fourth-order valence-corrected chi connectivity index (χ4v) is 3.90. The first-order valence-electron chi connectivity index (χ1n) is 10.7. The van der Waals surface area contributed by atoms with Crippen LogP contribution in [-0.2, 0) is 0 Å². The van der Waals surface area contributed by atoms with Crippen molar-refractivity contribution in [3.05, 3.63) is 97.1 Å². The topological polar surface area (TPSA) is 69.8 Å². The van der Waals surface area contributed by atoms with Gasteiger partial charge in [-0.2, -0.15) is 0 Å². The number of hydrogen-bond acceptors (Lipinski definition) is 4. The molecule has 3 aromatic heterocycles. The van der Waals surface area contributed by atoms with Gasteiger partial charge in [0.1, 0.15) is 18.9 Å². The van der Waals surface area contributed by atoms with E-state index in [2.05, 4.69) is 5.32 Å². The molecule has 1 amide bonds. The minimum absolute atomic E-state index is 0.166. The molecule has 0 aliphatic carbocycles. The molecular weight excluding hydrogens is 416 g/mol. The maximum absolute atomic E-state index is 12.7. The van der Waals surface area contributed by atoms with Gasteiger partial charge in [-0.3, -0.25) is 4.79 Å². The van der Waals surface area contributed by atoms with Gasteiger partial charge in [-0.15, -0.1) is 0 Å². The number of carbonyl (C=O) groups excluding carboxylic acids is 1. The first-order valence-corrected chi connectivity index (χ1v) is 10.7. The Labute approximate surface area is 189 Å². The molecule has 0 saturated heterocycles. The first-order chi connectivity index (χ1) is 16.2. The van der Waals surface area contributed by atoms with Gasteiger partial charge < -0.3 is 23.8 Å². The molecule has 1 aliphatic heterocycles. The molecule has 0 fully saturated rings. The third-order valence-electron chi connectivity index (χ3n) is 5.58. The van der Waals surface area contributed by atoms with Gasteiger partial charge in [-0.05, 0) is 66.7 Å². The van der Waals surface area contributed by atoms with Crippen molar-refractivity contribution >= 4 is 17.2 Å². The number of rotatable bonds is 4. The van der Waals surface area contributed by atoms with Gasteiger partial charge in [0, 0.05) is 41.6 Å². The summed E-state index contributed by atoms with van der Waals surface area (Å²) in [7, 11) is 0. The zero-order valence-electron chi connectivity index (χ0n) is 17.6. The molecule has 6 rings (SSSR count). The summed E-state index contributed by atoms with van der Waals surface area (Å²) in [6.45, 7) is 1.10. The van der Waals surface area contributed by atoms with Gasteiger partial charge in [0.15, 0.2) is 11.5 Å². The maximum Gasteiger partial charge on any atom is 0.255 e. The maximum atomic E-state index is 12.7. The number of aromatic nitrogens is 3. The predicted octanol–water partition coefficient (Wildman–Crippen LogP) is 4.82. The lowest BCUT2D eigenvalue weighted by molar-refractivity contribution is 0.102. The summed E-state index contributed by atoms with van der Waals surface area (Å²) in [5.74, 6) is 1.31. The van der Waals surface area contributed by atoms with Gasteiger partial charge in [0.25, 0.3) is 5.91 Å². The Morgan fingerprint density at radius 1 is 0.879 bits per heavy atom. The lowest BCUT2D eigenvalue weighted by Crippen LogP contribution is -2.15. The average Bonchev–Trinajstić information content (AvgIpc) is 3.54. The highest BCUT2D eigenvalue weighted by Gasteiger charge is 2.14. The van der Waals surface area contributed by atoms with Crippen LogP contribution in [0.5, 0.6) is 11.5 Å². The van der Waals surface area contributed by atoms with Crippen LogP contribution < -0.4 is 14.8 Å². The van der Waals surface area contributed by atoms with Gasteiger partial charge in [-0.25, -0.2) is 4.98 Å². The Hall–Kier alpha value is -4.52. The summed E-state index contributed by atoms with van der Waals surface area (Å²) in [6, 6.07) is 21.0. The van der Waals surface area contributed by atoms with Crippen molar-refractivity contribution in [1.29, 1.82) is 0 Å².